The van der Waals surface area contributed by atoms with E-state index in [1.807, 2.05) is 4.72 Å². The first kappa shape index (κ1) is 12.7. The maximum atomic E-state index is 11.5. The minimum atomic E-state index is -3.57. The molecule has 3 N–H and O–H groups in total. The van der Waals surface area contributed by atoms with Crippen molar-refractivity contribution in [2.24, 2.45) is 5.73 Å². The van der Waals surface area contributed by atoms with Gasteiger partial charge in [0.1, 0.15) is 0 Å². The van der Waals surface area contributed by atoms with E-state index in [2.05, 4.69) is 0 Å². The van der Waals surface area contributed by atoms with E-state index < -0.39 is 15.9 Å². The molecule has 1 rings (SSSR count). The molecule has 88 valence electrons. The van der Waals surface area contributed by atoms with Crippen molar-refractivity contribution in [3.63, 3.8) is 0 Å². The monoisotopic (exact) mass is 242 g/mol. The molecule has 6 heteroatoms. The number of nitrogens with two attached hydrogens (primary N) is 1. The van der Waals surface area contributed by atoms with Gasteiger partial charge in [-0.2, -0.15) is 0 Å². The normalized spacial score (nSPS) is 11.1. The third kappa shape index (κ3) is 4.00. The van der Waals surface area contributed by atoms with Crippen LogP contribution in [0.1, 0.15) is 16.8 Å². The Balaban J connectivity index is 2.65. The summed E-state index contributed by atoms with van der Waals surface area (Å²) in [6.45, 7) is 0.278. The number of carbonyl (C=O) groups excluding carboxylic acids is 1. The molecular formula is C10H14N2O3S. The van der Waals surface area contributed by atoms with E-state index in [1.165, 1.54) is 0 Å². The van der Waals surface area contributed by atoms with Crippen molar-refractivity contribution >= 4 is 15.9 Å². The van der Waals surface area contributed by atoms with Crippen molar-refractivity contribution in [3.8, 4) is 0 Å². The molecule has 0 radical (unpaired) electrons. The summed E-state index contributed by atoms with van der Waals surface area (Å²) in [4.78, 5) is 11.5. The van der Waals surface area contributed by atoms with Crippen LogP contribution in [-0.2, 0) is 10.0 Å². The summed E-state index contributed by atoms with van der Waals surface area (Å²) in [5, 5.41) is 0. The Kier molecular flexibility index (Phi) is 4.45. The van der Waals surface area contributed by atoms with Crippen molar-refractivity contribution in [3.05, 3.63) is 35.9 Å². The van der Waals surface area contributed by atoms with E-state index in [1.54, 1.807) is 30.3 Å². The van der Waals surface area contributed by atoms with Crippen LogP contribution in [0.15, 0.2) is 30.3 Å². The molecule has 5 nitrogen and oxygen atoms in total. The number of sulfonamides is 1. The number of hydrogen-bond acceptors (Lipinski definition) is 4. The number of hydrogen-bond donors (Lipinski definition) is 2. The zero-order valence-electron chi connectivity index (χ0n) is 8.72. The van der Waals surface area contributed by atoms with E-state index >= 15 is 0 Å². The van der Waals surface area contributed by atoms with E-state index in [-0.39, 0.29) is 12.3 Å². The van der Waals surface area contributed by atoms with Gasteiger partial charge in [0.25, 0.3) is 5.91 Å². The standard InChI is InChI=1S/C10H14N2O3S/c11-7-4-8-16(14,15)12-10(13)9-5-2-1-3-6-9/h1-3,5-6H,4,7-8,11H2,(H,12,13). The van der Waals surface area contributed by atoms with Crippen molar-refractivity contribution in [2.45, 2.75) is 6.42 Å². The third-order valence-corrected chi connectivity index (χ3v) is 3.22. The summed E-state index contributed by atoms with van der Waals surface area (Å²) in [5.41, 5.74) is 5.52. The zero-order valence-corrected chi connectivity index (χ0v) is 9.53. The molecule has 0 heterocycles. The Morgan fingerprint density at radius 1 is 1.25 bits per heavy atom. The van der Waals surface area contributed by atoms with Crippen LogP contribution in [0.25, 0.3) is 0 Å². The molecule has 0 aliphatic carbocycles. The van der Waals surface area contributed by atoms with Gasteiger partial charge in [-0.1, -0.05) is 18.2 Å². The molecule has 0 spiro atoms. The minimum Gasteiger partial charge on any atom is -0.330 e. The van der Waals surface area contributed by atoms with Gasteiger partial charge in [0.2, 0.25) is 10.0 Å². The van der Waals surface area contributed by atoms with Crippen LogP contribution in [0.4, 0.5) is 0 Å². The molecule has 1 amide bonds. The van der Waals surface area contributed by atoms with Gasteiger partial charge >= 0.3 is 0 Å². The van der Waals surface area contributed by atoms with Gasteiger partial charge in [0.15, 0.2) is 0 Å². The Hall–Kier alpha value is -1.40. The summed E-state index contributed by atoms with van der Waals surface area (Å²) in [6.07, 6.45) is 0.331. The number of carbonyl (C=O) groups is 1. The highest BCUT2D eigenvalue weighted by Gasteiger charge is 2.14. The Morgan fingerprint density at radius 3 is 2.44 bits per heavy atom. The van der Waals surface area contributed by atoms with Crippen molar-refractivity contribution < 1.29 is 13.2 Å². The molecule has 1 aromatic rings. The van der Waals surface area contributed by atoms with Gasteiger partial charge in [-0.05, 0) is 25.1 Å². The van der Waals surface area contributed by atoms with Crippen LogP contribution in [0.3, 0.4) is 0 Å². The molecule has 0 aliphatic rings. The van der Waals surface area contributed by atoms with E-state index in [0.717, 1.165) is 0 Å². The quantitative estimate of drug-likeness (QED) is 0.766. The first-order valence-electron chi connectivity index (χ1n) is 4.85. The fourth-order valence-corrected chi connectivity index (χ4v) is 2.16. The second kappa shape index (κ2) is 5.62. The maximum absolute atomic E-state index is 11.5. The molecule has 0 bridgehead atoms. The molecule has 0 aromatic heterocycles. The second-order valence-corrected chi connectivity index (χ2v) is 5.10. The van der Waals surface area contributed by atoms with Gasteiger partial charge in [-0.3, -0.25) is 4.79 Å². The van der Waals surface area contributed by atoms with Gasteiger partial charge < -0.3 is 5.73 Å². The lowest BCUT2D eigenvalue weighted by Gasteiger charge is -2.05. The average molecular weight is 242 g/mol. The molecule has 0 fully saturated rings. The Labute approximate surface area is 94.7 Å². The van der Waals surface area contributed by atoms with E-state index in [9.17, 15) is 13.2 Å². The third-order valence-electron chi connectivity index (χ3n) is 1.90. The van der Waals surface area contributed by atoms with Crippen LogP contribution < -0.4 is 10.5 Å². The highest BCUT2D eigenvalue weighted by molar-refractivity contribution is 7.90. The Bertz CT molecular complexity index is 442. The lowest BCUT2D eigenvalue weighted by molar-refractivity contribution is 0.0981. The lowest BCUT2D eigenvalue weighted by Crippen LogP contribution is -2.33. The highest BCUT2D eigenvalue weighted by atomic mass is 32.2. The molecule has 0 saturated carbocycles. The fraction of sp³-hybridized carbons (Fsp3) is 0.300. The molecule has 0 saturated heterocycles. The Morgan fingerprint density at radius 2 is 1.88 bits per heavy atom. The largest absolute Gasteiger partial charge is 0.330 e. The molecule has 0 atom stereocenters. The van der Waals surface area contributed by atoms with Crippen molar-refractivity contribution in [2.75, 3.05) is 12.3 Å². The van der Waals surface area contributed by atoms with Gasteiger partial charge in [0, 0.05) is 5.56 Å². The van der Waals surface area contributed by atoms with Crippen LogP contribution in [0.5, 0.6) is 0 Å². The fourth-order valence-electron chi connectivity index (χ4n) is 1.11. The predicted octanol–water partition coefficient (Wildman–Crippen LogP) is 0.0950. The first-order chi connectivity index (χ1) is 7.55. The smallest absolute Gasteiger partial charge is 0.264 e. The number of nitrogens with one attached hydrogen (secondary N) is 1. The first-order valence-corrected chi connectivity index (χ1v) is 6.50. The topological polar surface area (TPSA) is 89.3 Å². The minimum absolute atomic E-state index is 0.137. The van der Waals surface area contributed by atoms with Crippen molar-refractivity contribution in [1.82, 2.24) is 4.72 Å². The lowest BCUT2D eigenvalue weighted by atomic mass is 10.2. The summed E-state index contributed by atoms with van der Waals surface area (Å²) >= 11 is 0. The number of amides is 1. The zero-order chi connectivity index (χ0) is 12.0. The van der Waals surface area contributed by atoms with E-state index in [4.69, 9.17) is 5.73 Å². The summed E-state index contributed by atoms with van der Waals surface area (Å²) in [7, 11) is -3.57. The van der Waals surface area contributed by atoms with Gasteiger partial charge in [-0.15, -0.1) is 0 Å². The van der Waals surface area contributed by atoms with Gasteiger partial charge in [-0.25, -0.2) is 13.1 Å². The van der Waals surface area contributed by atoms with E-state index in [0.29, 0.717) is 12.0 Å². The predicted molar refractivity (Wildman–Crippen MR) is 61.4 cm³/mol. The maximum Gasteiger partial charge on any atom is 0.264 e. The highest BCUT2D eigenvalue weighted by Crippen LogP contribution is 1.99. The molecule has 16 heavy (non-hydrogen) atoms. The number of benzene rings is 1. The molecular weight excluding hydrogens is 228 g/mol. The number of rotatable bonds is 5. The van der Waals surface area contributed by atoms with Crippen LogP contribution in [0, 0.1) is 0 Å². The summed E-state index contributed by atoms with van der Waals surface area (Å²) < 4.78 is 24.8. The summed E-state index contributed by atoms with van der Waals surface area (Å²) in [5.74, 6) is -0.750. The van der Waals surface area contributed by atoms with Gasteiger partial charge in [0.05, 0.1) is 5.75 Å². The second-order valence-electron chi connectivity index (χ2n) is 3.26. The SMILES string of the molecule is NCCCS(=O)(=O)NC(=O)c1ccccc1. The van der Waals surface area contributed by atoms with Crippen LogP contribution >= 0.6 is 0 Å². The van der Waals surface area contributed by atoms with Crippen molar-refractivity contribution in [1.29, 1.82) is 0 Å². The van der Waals surface area contributed by atoms with Crippen LogP contribution in [-0.4, -0.2) is 26.6 Å². The molecule has 0 aliphatic heterocycles. The van der Waals surface area contributed by atoms with Crippen LogP contribution in [0.2, 0.25) is 0 Å². The summed E-state index contributed by atoms with van der Waals surface area (Å²) in [6, 6.07) is 8.18. The average Bonchev–Trinajstić information content (AvgIpc) is 2.27. The molecule has 1 aromatic carbocycles. The molecule has 0 unspecified atom stereocenters.